The number of hydrogen-bond acceptors (Lipinski definition) is 6. The van der Waals surface area contributed by atoms with E-state index in [1.807, 2.05) is 0 Å². The summed E-state index contributed by atoms with van der Waals surface area (Å²) in [7, 11) is 1.62. The van der Waals surface area contributed by atoms with Gasteiger partial charge in [-0.05, 0) is 49.4 Å². The maximum atomic E-state index is 13.0. The molecule has 1 aromatic carbocycles. The second-order valence-electron chi connectivity index (χ2n) is 8.77. The minimum absolute atomic E-state index is 0.124. The molecule has 2 aliphatic rings. The Bertz CT molecular complexity index is 1240. The van der Waals surface area contributed by atoms with Crippen molar-refractivity contribution in [3.8, 4) is 0 Å². The molecule has 2 amide bonds. The number of carbonyl (C=O) groups excluding carboxylic acids is 1. The second-order valence-corrected chi connectivity index (χ2v) is 9.85. The lowest BCUT2D eigenvalue weighted by molar-refractivity contribution is -0.137. The lowest BCUT2D eigenvalue weighted by atomic mass is 9.97. The minimum atomic E-state index is -4.46. The normalized spacial score (nSPS) is 16.5. The van der Waals surface area contributed by atoms with Crippen molar-refractivity contribution in [3.05, 3.63) is 46.1 Å². The van der Waals surface area contributed by atoms with E-state index in [2.05, 4.69) is 10.2 Å². The second kappa shape index (κ2) is 9.62. The molecule has 1 N–H and O–H groups in total. The molecule has 0 spiro atoms. The molecule has 3 aromatic rings. The molecule has 3 heterocycles. The number of aromatic nitrogens is 2. The molecular weight excluding hydrogens is 479 g/mol. The Balaban J connectivity index is 1.32. The van der Waals surface area contributed by atoms with Crippen LogP contribution in [0.5, 0.6) is 0 Å². The van der Waals surface area contributed by atoms with E-state index in [4.69, 9.17) is 14.7 Å². The number of hydrogen-bond donors (Lipinski definition) is 1. The number of fused-ring (bicyclic) bond motifs is 3. The molecule has 1 fully saturated rings. The van der Waals surface area contributed by atoms with E-state index in [-0.39, 0.29) is 5.69 Å². The number of amides is 2. The van der Waals surface area contributed by atoms with Gasteiger partial charge in [-0.2, -0.15) is 13.2 Å². The number of aryl methyl sites for hydroxylation is 2. The number of rotatable bonds is 4. The number of thiophene rings is 1. The van der Waals surface area contributed by atoms with Gasteiger partial charge in [0, 0.05) is 43.9 Å². The molecule has 35 heavy (non-hydrogen) atoms. The van der Waals surface area contributed by atoms with Crippen molar-refractivity contribution in [2.24, 2.45) is 0 Å². The molecule has 0 bridgehead atoms. The van der Waals surface area contributed by atoms with Gasteiger partial charge in [0.2, 0.25) is 0 Å². The van der Waals surface area contributed by atoms with Crippen LogP contribution in [-0.4, -0.2) is 54.2 Å². The summed E-state index contributed by atoms with van der Waals surface area (Å²) in [4.78, 5) is 28.5. The number of methoxy groups -OCH3 is 1. The van der Waals surface area contributed by atoms with Crippen LogP contribution in [0.25, 0.3) is 10.2 Å². The number of piperazine rings is 1. The van der Waals surface area contributed by atoms with Crippen molar-refractivity contribution in [2.45, 2.75) is 38.5 Å². The van der Waals surface area contributed by atoms with E-state index in [1.54, 1.807) is 23.3 Å². The first-order valence-electron chi connectivity index (χ1n) is 11.6. The van der Waals surface area contributed by atoms with Crippen molar-refractivity contribution < 1.29 is 22.7 Å². The average Bonchev–Trinajstić information content (AvgIpc) is 3.22. The highest BCUT2D eigenvalue weighted by Crippen LogP contribution is 2.40. The number of benzene rings is 1. The number of alkyl halides is 3. The number of nitrogens with one attached hydrogen (secondary N) is 1. The van der Waals surface area contributed by atoms with E-state index >= 15 is 0 Å². The summed E-state index contributed by atoms with van der Waals surface area (Å²) >= 11 is 1.74. The van der Waals surface area contributed by atoms with Gasteiger partial charge in [-0.1, -0.05) is 6.07 Å². The Kier molecular flexibility index (Phi) is 6.54. The number of nitrogens with zero attached hydrogens (tertiary/aromatic N) is 4. The molecule has 2 aromatic heterocycles. The fourth-order valence-electron chi connectivity index (χ4n) is 4.70. The van der Waals surface area contributed by atoms with E-state index in [0.717, 1.165) is 47.4 Å². The first-order valence-corrected chi connectivity index (χ1v) is 12.4. The molecule has 5 rings (SSSR count). The Morgan fingerprint density at radius 3 is 2.66 bits per heavy atom. The molecule has 0 saturated carbocycles. The van der Waals surface area contributed by atoms with Gasteiger partial charge >= 0.3 is 12.2 Å². The van der Waals surface area contributed by atoms with Gasteiger partial charge in [-0.15, -0.1) is 11.3 Å². The van der Waals surface area contributed by atoms with Crippen LogP contribution in [0.1, 0.15) is 34.7 Å². The van der Waals surface area contributed by atoms with Crippen molar-refractivity contribution >= 4 is 39.1 Å². The molecule has 1 saturated heterocycles. The predicted octanol–water partition coefficient (Wildman–Crippen LogP) is 5.09. The Morgan fingerprint density at radius 1 is 1.14 bits per heavy atom. The van der Waals surface area contributed by atoms with E-state index in [1.165, 1.54) is 29.0 Å². The van der Waals surface area contributed by atoms with Crippen molar-refractivity contribution in [1.29, 1.82) is 0 Å². The largest absolute Gasteiger partial charge is 0.416 e. The highest BCUT2D eigenvalue weighted by molar-refractivity contribution is 7.19. The summed E-state index contributed by atoms with van der Waals surface area (Å²) in [5.74, 6) is 1.53. The summed E-state index contributed by atoms with van der Waals surface area (Å²) in [6.07, 6.45) is -0.0277. The number of urea groups is 1. The van der Waals surface area contributed by atoms with Crippen LogP contribution in [0, 0.1) is 0 Å². The predicted molar refractivity (Wildman–Crippen MR) is 129 cm³/mol. The van der Waals surface area contributed by atoms with Gasteiger partial charge < -0.3 is 19.9 Å². The third-order valence-corrected chi connectivity index (χ3v) is 7.61. The quantitative estimate of drug-likeness (QED) is 0.535. The molecule has 1 aliphatic heterocycles. The maximum absolute atomic E-state index is 13.0. The summed E-state index contributed by atoms with van der Waals surface area (Å²) in [6, 6.07) is 4.26. The standard InChI is InChI=1S/C24H26F3N5O2S/c1-34-14-19-29-21(20-17-7-2-3-8-18(17)35-22(20)30-19)31-9-11-32(12-10-31)23(33)28-16-6-4-5-15(13-16)24(25,26)27/h4-6,13H,2-3,7-12,14H2,1H3,(H,28,33). The van der Waals surface area contributed by atoms with Gasteiger partial charge in [-0.25, -0.2) is 14.8 Å². The average molecular weight is 506 g/mol. The number of halogens is 3. The fourth-order valence-corrected chi connectivity index (χ4v) is 5.98. The number of ether oxygens (including phenoxy) is 1. The zero-order valence-corrected chi connectivity index (χ0v) is 20.1. The van der Waals surface area contributed by atoms with E-state index in [9.17, 15) is 18.0 Å². The van der Waals surface area contributed by atoms with Crippen LogP contribution in [0.3, 0.4) is 0 Å². The zero-order chi connectivity index (χ0) is 24.6. The van der Waals surface area contributed by atoms with Gasteiger partial charge in [-0.3, -0.25) is 0 Å². The molecule has 0 radical (unpaired) electrons. The van der Waals surface area contributed by atoms with Crippen LogP contribution in [0.2, 0.25) is 0 Å². The van der Waals surface area contributed by atoms with Crippen LogP contribution in [0.4, 0.5) is 29.5 Å². The Hall–Kier alpha value is -2.92. The van der Waals surface area contributed by atoms with Crippen molar-refractivity contribution in [1.82, 2.24) is 14.9 Å². The summed E-state index contributed by atoms with van der Waals surface area (Å²) in [5, 5.41) is 3.72. The molecule has 11 heteroatoms. The first-order chi connectivity index (χ1) is 16.8. The van der Waals surface area contributed by atoms with Crippen LogP contribution in [0.15, 0.2) is 24.3 Å². The lowest BCUT2D eigenvalue weighted by Gasteiger charge is -2.36. The van der Waals surface area contributed by atoms with Gasteiger partial charge in [0.1, 0.15) is 17.3 Å². The van der Waals surface area contributed by atoms with Gasteiger partial charge in [0.05, 0.1) is 10.9 Å². The van der Waals surface area contributed by atoms with Gasteiger partial charge in [0.25, 0.3) is 0 Å². The van der Waals surface area contributed by atoms with E-state index < -0.39 is 17.8 Å². The van der Waals surface area contributed by atoms with Crippen LogP contribution in [-0.2, 0) is 30.4 Å². The third-order valence-electron chi connectivity index (χ3n) is 6.42. The molecule has 0 atom stereocenters. The summed E-state index contributed by atoms with van der Waals surface area (Å²) in [6.45, 7) is 2.33. The molecule has 0 unspecified atom stereocenters. The molecule has 1 aliphatic carbocycles. The number of anilines is 2. The van der Waals surface area contributed by atoms with Crippen molar-refractivity contribution in [3.63, 3.8) is 0 Å². The molecule has 186 valence electrons. The smallest absolute Gasteiger partial charge is 0.377 e. The highest BCUT2D eigenvalue weighted by atomic mass is 32.1. The summed E-state index contributed by atoms with van der Waals surface area (Å²) < 4.78 is 44.2. The van der Waals surface area contributed by atoms with Crippen molar-refractivity contribution in [2.75, 3.05) is 43.5 Å². The zero-order valence-electron chi connectivity index (χ0n) is 19.3. The van der Waals surface area contributed by atoms with Crippen LogP contribution >= 0.6 is 11.3 Å². The highest BCUT2D eigenvalue weighted by Gasteiger charge is 2.31. The number of carbonyl (C=O) groups is 1. The molecular formula is C24H26F3N5O2S. The monoisotopic (exact) mass is 505 g/mol. The lowest BCUT2D eigenvalue weighted by Crippen LogP contribution is -2.50. The SMILES string of the molecule is COCc1nc(N2CCN(C(=O)Nc3cccc(C(F)(F)F)c3)CC2)c2c3c(sc2n1)CCCC3. The maximum Gasteiger partial charge on any atom is 0.416 e. The fraction of sp³-hybridized carbons (Fsp3) is 0.458. The van der Waals surface area contributed by atoms with E-state index in [0.29, 0.717) is 38.6 Å². The Labute approximate surface area is 204 Å². The summed E-state index contributed by atoms with van der Waals surface area (Å²) in [5.41, 5.74) is 0.678. The topological polar surface area (TPSA) is 70.6 Å². The Morgan fingerprint density at radius 2 is 1.91 bits per heavy atom. The third kappa shape index (κ3) is 4.92. The van der Waals surface area contributed by atoms with Gasteiger partial charge in [0.15, 0.2) is 5.82 Å². The molecule has 7 nitrogen and oxygen atoms in total. The minimum Gasteiger partial charge on any atom is -0.377 e. The first kappa shape index (κ1) is 23.8. The van der Waals surface area contributed by atoms with Crippen LogP contribution < -0.4 is 10.2 Å².